The number of phosphoric acid groups is 1. The summed E-state index contributed by atoms with van der Waals surface area (Å²) in [6.45, 7) is 3.33. The molecule has 330 valence electrons. The summed E-state index contributed by atoms with van der Waals surface area (Å²) >= 11 is 0. The van der Waals surface area contributed by atoms with E-state index in [0.29, 0.717) is 13.0 Å². The Morgan fingerprint density at radius 1 is 0.561 bits per heavy atom. The van der Waals surface area contributed by atoms with Crippen LogP contribution in [0, 0.1) is 0 Å². The average molecular weight is 823 g/mol. The van der Waals surface area contributed by atoms with Crippen molar-refractivity contribution in [3.05, 3.63) is 72.9 Å². The highest BCUT2D eigenvalue weighted by molar-refractivity contribution is 7.47. The first-order valence-corrected chi connectivity index (χ1v) is 23.9. The predicted octanol–water partition coefficient (Wildman–Crippen LogP) is 12.5. The molecule has 10 heteroatoms. The molecule has 3 N–H and O–H groups in total. The lowest BCUT2D eigenvalue weighted by atomic mass is 10.1. The SMILES string of the molecule is CC/C=C\C/C=C\C/C=C\C/C=C\C/C=C\CCCCCCCCOCC(COP(=O)(O)OCC(O)CO)OC(=O)CCCCCCC/C=C\CCCCCCC. The second-order valence-corrected chi connectivity index (χ2v) is 16.1. The molecule has 0 aliphatic heterocycles. The second-order valence-electron chi connectivity index (χ2n) is 14.7. The molecule has 9 nitrogen and oxygen atoms in total. The van der Waals surface area contributed by atoms with E-state index in [1.807, 2.05) is 0 Å². The Morgan fingerprint density at radius 2 is 1.00 bits per heavy atom. The molecule has 0 heterocycles. The highest BCUT2D eigenvalue weighted by atomic mass is 31.2. The molecule has 0 aromatic rings. The Kier molecular flexibility index (Phi) is 41.9. The minimum Gasteiger partial charge on any atom is -0.457 e. The van der Waals surface area contributed by atoms with E-state index in [0.717, 1.165) is 89.9 Å². The van der Waals surface area contributed by atoms with Crippen molar-refractivity contribution in [3.63, 3.8) is 0 Å². The Labute approximate surface area is 348 Å². The minimum absolute atomic E-state index is 0.0323. The number of hydrogen-bond donors (Lipinski definition) is 3. The molecule has 0 saturated heterocycles. The van der Waals surface area contributed by atoms with E-state index in [2.05, 4.69) is 86.8 Å². The summed E-state index contributed by atoms with van der Waals surface area (Å²) in [5.41, 5.74) is 0. The molecule has 0 rings (SSSR count). The number of hydrogen-bond acceptors (Lipinski definition) is 8. The standard InChI is InChI=1S/C47H83O9P/c1-3-5-7-9-11-13-15-17-19-20-21-22-23-24-25-26-28-30-32-34-36-38-40-53-43-46(44-55-57(51,52)54-42-45(49)41-48)56-47(50)39-37-35-33-31-29-27-18-16-14-12-10-8-6-4-2/h5,7,11,13,16-19,21-22,24-25,45-46,48-49H,3-4,6,8-10,12,14-15,20,23,26-44H2,1-2H3,(H,51,52)/b7-5-,13-11-,18-16-,19-17-,22-21-,25-24-. The van der Waals surface area contributed by atoms with Crippen molar-refractivity contribution in [3.8, 4) is 0 Å². The van der Waals surface area contributed by atoms with E-state index in [9.17, 15) is 19.4 Å². The molecule has 3 unspecified atom stereocenters. The van der Waals surface area contributed by atoms with Crippen LogP contribution in [0.25, 0.3) is 0 Å². The lowest BCUT2D eigenvalue weighted by molar-refractivity contribution is -0.154. The summed E-state index contributed by atoms with van der Waals surface area (Å²) in [4.78, 5) is 22.6. The highest BCUT2D eigenvalue weighted by Gasteiger charge is 2.26. The van der Waals surface area contributed by atoms with Crippen LogP contribution in [0.3, 0.4) is 0 Å². The van der Waals surface area contributed by atoms with Gasteiger partial charge in [-0.05, 0) is 83.5 Å². The Morgan fingerprint density at radius 3 is 1.53 bits per heavy atom. The largest absolute Gasteiger partial charge is 0.472 e. The van der Waals surface area contributed by atoms with Crippen LogP contribution < -0.4 is 0 Å². The molecular weight excluding hydrogens is 739 g/mol. The molecule has 0 spiro atoms. The molecule has 0 aromatic heterocycles. The predicted molar refractivity (Wildman–Crippen MR) is 237 cm³/mol. The summed E-state index contributed by atoms with van der Waals surface area (Å²) < 4.78 is 33.4. The van der Waals surface area contributed by atoms with Crippen LogP contribution in [0.4, 0.5) is 0 Å². The van der Waals surface area contributed by atoms with Gasteiger partial charge in [0.2, 0.25) is 0 Å². The lowest BCUT2D eigenvalue weighted by Crippen LogP contribution is -2.29. The van der Waals surface area contributed by atoms with Crippen molar-refractivity contribution in [2.24, 2.45) is 0 Å². The normalized spacial score (nSPS) is 14.7. The van der Waals surface area contributed by atoms with E-state index in [1.165, 1.54) is 57.8 Å². The second kappa shape index (κ2) is 43.5. The zero-order chi connectivity index (χ0) is 41.8. The Balaban J connectivity index is 4.19. The molecule has 0 bridgehead atoms. The average Bonchev–Trinajstić information content (AvgIpc) is 3.20. The van der Waals surface area contributed by atoms with Gasteiger partial charge in [-0.25, -0.2) is 4.57 Å². The number of carbonyl (C=O) groups is 1. The first-order valence-electron chi connectivity index (χ1n) is 22.4. The van der Waals surface area contributed by atoms with Gasteiger partial charge >= 0.3 is 13.8 Å². The van der Waals surface area contributed by atoms with Crippen LogP contribution >= 0.6 is 7.82 Å². The molecule has 0 amide bonds. The molecule has 0 aromatic carbocycles. The first-order chi connectivity index (χ1) is 27.8. The zero-order valence-electron chi connectivity index (χ0n) is 36.0. The van der Waals surface area contributed by atoms with Crippen molar-refractivity contribution in [1.29, 1.82) is 0 Å². The van der Waals surface area contributed by atoms with Gasteiger partial charge in [-0.3, -0.25) is 13.8 Å². The molecule has 0 fully saturated rings. The van der Waals surface area contributed by atoms with E-state index < -0.39 is 39.2 Å². The summed E-state index contributed by atoms with van der Waals surface area (Å²) in [6, 6.07) is 0. The van der Waals surface area contributed by atoms with Gasteiger partial charge in [0.05, 0.1) is 26.4 Å². The Hall–Kier alpha value is -2.10. The van der Waals surface area contributed by atoms with Crippen molar-refractivity contribution in [2.45, 2.75) is 187 Å². The fraction of sp³-hybridized carbons (Fsp3) is 0.723. The third-order valence-corrected chi connectivity index (χ3v) is 10.1. The van der Waals surface area contributed by atoms with Gasteiger partial charge in [-0.1, -0.05) is 157 Å². The maximum atomic E-state index is 12.6. The van der Waals surface area contributed by atoms with Gasteiger partial charge in [0, 0.05) is 13.0 Å². The van der Waals surface area contributed by atoms with Gasteiger partial charge < -0.3 is 24.6 Å². The van der Waals surface area contributed by atoms with Crippen molar-refractivity contribution < 1.29 is 43.0 Å². The number of phosphoric ester groups is 1. The third-order valence-electron chi connectivity index (χ3n) is 9.13. The molecule has 3 atom stereocenters. The maximum absolute atomic E-state index is 12.6. The molecule has 0 aliphatic carbocycles. The maximum Gasteiger partial charge on any atom is 0.472 e. The fourth-order valence-corrected chi connectivity index (χ4v) is 6.52. The fourth-order valence-electron chi connectivity index (χ4n) is 5.73. The van der Waals surface area contributed by atoms with Crippen LogP contribution in [-0.4, -0.2) is 66.3 Å². The highest BCUT2D eigenvalue weighted by Crippen LogP contribution is 2.43. The number of ether oxygens (including phenoxy) is 2. The molecule has 0 radical (unpaired) electrons. The molecular formula is C47H83O9P. The van der Waals surface area contributed by atoms with Gasteiger partial charge in [-0.2, -0.15) is 0 Å². The van der Waals surface area contributed by atoms with Crippen molar-refractivity contribution in [2.75, 3.05) is 33.0 Å². The van der Waals surface area contributed by atoms with Gasteiger partial charge in [0.25, 0.3) is 0 Å². The third kappa shape index (κ3) is 43.3. The number of aliphatic hydroxyl groups is 2. The zero-order valence-corrected chi connectivity index (χ0v) is 36.9. The van der Waals surface area contributed by atoms with Gasteiger partial charge in [-0.15, -0.1) is 0 Å². The molecule has 0 saturated carbocycles. The summed E-state index contributed by atoms with van der Waals surface area (Å²) in [6.07, 6.45) is 51.4. The van der Waals surface area contributed by atoms with Crippen LogP contribution in [0.5, 0.6) is 0 Å². The molecule has 57 heavy (non-hydrogen) atoms. The summed E-state index contributed by atoms with van der Waals surface area (Å²) in [5, 5.41) is 18.4. The van der Waals surface area contributed by atoms with Crippen LogP contribution in [0.1, 0.15) is 174 Å². The summed E-state index contributed by atoms with van der Waals surface area (Å²) in [5.74, 6) is -0.400. The number of aliphatic hydroxyl groups excluding tert-OH is 2. The number of unbranched alkanes of at least 4 members (excludes halogenated alkanes) is 16. The monoisotopic (exact) mass is 823 g/mol. The van der Waals surface area contributed by atoms with Crippen molar-refractivity contribution in [1.82, 2.24) is 0 Å². The number of carbonyl (C=O) groups excluding carboxylic acids is 1. The van der Waals surface area contributed by atoms with E-state index in [-0.39, 0.29) is 19.6 Å². The quantitative estimate of drug-likeness (QED) is 0.0238. The van der Waals surface area contributed by atoms with Gasteiger partial charge in [0.15, 0.2) is 0 Å². The van der Waals surface area contributed by atoms with Crippen LogP contribution in [-0.2, 0) is 27.9 Å². The number of allylic oxidation sites excluding steroid dienone is 12. The van der Waals surface area contributed by atoms with Gasteiger partial charge in [0.1, 0.15) is 12.2 Å². The van der Waals surface area contributed by atoms with Crippen molar-refractivity contribution >= 4 is 13.8 Å². The first kappa shape index (κ1) is 54.9. The van der Waals surface area contributed by atoms with E-state index in [4.69, 9.17) is 23.6 Å². The molecule has 0 aliphatic rings. The van der Waals surface area contributed by atoms with Crippen LogP contribution in [0.15, 0.2) is 72.9 Å². The summed E-state index contributed by atoms with van der Waals surface area (Å²) in [7, 11) is -4.53. The smallest absolute Gasteiger partial charge is 0.457 e. The van der Waals surface area contributed by atoms with E-state index >= 15 is 0 Å². The number of esters is 1. The topological polar surface area (TPSA) is 132 Å². The minimum atomic E-state index is -4.53. The lowest BCUT2D eigenvalue weighted by Gasteiger charge is -2.20. The Bertz CT molecular complexity index is 1110. The van der Waals surface area contributed by atoms with E-state index in [1.54, 1.807) is 0 Å². The van der Waals surface area contributed by atoms with Crippen LogP contribution in [0.2, 0.25) is 0 Å². The number of rotatable bonds is 42.